The molecule has 2 N–H and O–H groups in total. The predicted molar refractivity (Wildman–Crippen MR) is 78.3 cm³/mol. The molecule has 0 aliphatic heterocycles. The third kappa shape index (κ3) is 2.92. The molecule has 0 aliphatic carbocycles. The molecule has 2 aromatic carbocycles. The highest BCUT2D eigenvalue weighted by Crippen LogP contribution is 2.17. The van der Waals surface area contributed by atoms with Crippen molar-refractivity contribution in [2.24, 2.45) is 5.73 Å². The van der Waals surface area contributed by atoms with Crippen molar-refractivity contribution in [2.45, 2.75) is 13.0 Å². The van der Waals surface area contributed by atoms with Gasteiger partial charge in [-0.1, -0.05) is 36.4 Å². The first kappa shape index (κ1) is 14.0. The smallest absolute Gasteiger partial charge is 0.265 e. The molecule has 0 fully saturated rings. The highest BCUT2D eigenvalue weighted by atomic mass is 16.2. The van der Waals surface area contributed by atoms with E-state index < -0.39 is 11.9 Å². The van der Waals surface area contributed by atoms with Gasteiger partial charge in [0.1, 0.15) is 0 Å². The Bertz CT molecular complexity index is 594. The topological polar surface area (TPSA) is 63.4 Å². The van der Waals surface area contributed by atoms with Crippen LogP contribution in [0.4, 0.5) is 5.69 Å². The number of rotatable bonds is 3. The molecule has 0 radical (unpaired) electrons. The fourth-order valence-corrected chi connectivity index (χ4v) is 1.84. The maximum Gasteiger partial charge on any atom is 0.265 e. The van der Waals surface area contributed by atoms with Crippen molar-refractivity contribution >= 4 is 17.5 Å². The highest BCUT2D eigenvalue weighted by molar-refractivity contribution is 6.22. The van der Waals surface area contributed by atoms with Crippen molar-refractivity contribution < 1.29 is 9.59 Å². The van der Waals surface area contributed by atoms with Crippen LogP contribution in [0.25, 0.3) is 0 Å². The Balaban J connectivity index is 2.43. The number of anilines is 1. The Morgan fingerprint density at radius 3 is 1.95 bits per heavy atom. The number of amides is 2. The zero-order valence-corrected chi connectivity index (χ0v) is 11.2. The standard InChI is InChI=1S/C16H16N2O2/c1-12(17)15(19)18(14-10-6-3-7-11-14)16(20)13-8-4-2-5-9-13/h2-12H,17H2,1H3. The molecule has 2 rings (SSSR count). The van der Waals surface area contributed by atoms with E-state index in [9.17, 15) is 9.59 Å². The van der Waals surface area contributed by atoms with Crippen LogP contribution in [0.1, 0.15) is 17.3 Å². The molecule has 0 aliphatic rings. The SMILES string of the molecule is CC(N)C(=O)N(C(=O)c1ccccc1)c1ccccc1. The molecule has 4 heteroatoms. The molecule has 1 atom stereocenters. The Morgan fingerprint density at radius 2 is 1.45 bits per heavy atom. The maximum atomic E-state index is 12.5. The monoisotopic (exact) mass is 268 g/mol. The summed E-state index contributed by atoms with van der Waals surface area (Å²) in [6, 6.07) is 16.7. The van der Waals surface area contributed by atoms with E-state index in [4.69, 9.17) is 5.73 Å². The van der Waals surface area contributed by atoms with Crippen molar-refractivity contribution in [3.05, 3.63) is 66.2 Å². The van der Waals surface area contributed by atoms with E-state index in [1.54, 1.807) is 55.5 Å². The van der Waals surface area contributed by atoms with Gasteiger partial charge >= 0.3 is 0 Å². The van der Waals surface area contributed by atoms with Crippen LogP contribution in [-0.4, -0.2) is 17.9 Å². The van der Waals surface area contributed by atoms with E-state index in [2.05, 4.69) is 0 Å². The Kier molecular flexibility index (Phi) is 4.27. The quantitative estimate of drug-likeness (QED) is 0.928. The summed E-state index contributed by atoms with van der Waals surface area (Å²) >= 11 is 0. The van der Waals surface area contributed by atoms with E-state index in [0.717, 1.165) is 4.90 Å². The van der Waals surface area contributed by atoms with Crippen molar-refractivity contribution in [2.75, 3.05) is 4.90 Å². The van der Waals surface area contributed by atoms with Crippen LogP contribution in [0, 0.1) is 0 Å². The normalized spacial score (nSPS) is 11.7. The van der Waals surface area contributed by atoms with Gasteiger partial charge in [0, 0.05) is 5.56 Å². The predicted octanol–water partition coefficient (Wildman–Crippen LogP) is 2.21. The molecule has 1 unspecified atom stereocenters. The van der Waals surface area contributed by atoms with E-state index >= 15 is 0 Å². The van der Waals surface area contributed by atoms with E-state index in [0.29, 0.717) is 11.3 Å². The van der Waals surface area contributed by atoms with Gasteiger partial charge in [-0.3, -0.25) is 9.59 Å². The molecule has 4 nitrogen and oxygen atoms in total. The highest BCUT2D eigenvalue weighted by Gasteiger charge is 2.26. The minimum absolute atomic E-state index is 0.376. The van der Waals surface area contributed by atoms with E-state index in [1.807, 2.05) is 12.1 Å². The zero-order valence-electron chi connectivity index (χ0n) is 11.2. The summed E-state index contributed by atoms with van der Waals surface area (Å²) in [6.45, 7) is 1.57. The van der Waals surface area contributed by atoms with Gasteiger partial charge in [-0.15, -0.1) is 0 Å². The minimum Gasteiger partial charge on any atom is -0.320 e. The Hall–Kier alpha value is -2.46. The van der Waals surface area contributed by atoms with Crippen molar-refractivity contribution in [3.63, 3.8) is 0 Å². The summed E-state index contributed by atoms with van der Waals surface area (Å²) in [6.07, 6.45) is 0. The largest absolute Gasteiger partial charge is 0.320 e. The summed E-state index contributed by atoms with van der Waals surface area (Å²) in [5.74, 6) is -0.802. The van der Waals surface area contributed by atoms with Crippen LogP contribution >= 0.6 is 0 Å². The summed E-state index contributed by atoms with van der Waals surface area (Å²) < 4.78 is 0. The number of hydrogen-bond donors (Lipinski definition) is 1. The number of carbonyl (C=O) groups is 2. The van der Waals surface area contributed by atoms with Crippen LogP contribution in [-0.2, 0) is 4.79 Å². The van der Waals surface area contributed by atoms with E-state index in [-0.39, 0.29) is 5.91 Å². The zero-order chi connectivity index (χ0) is 14.5. The van der Waals surface area contributed by atoms with Crippen molar-refractivity contribution in [3.8, 4) is 0 Å². The van der Waals surface area contributed by atoms with Crippen molar-refractivity contribution in [1.82, 2.24) is 0 Å². The fourth-order valence-electron chi connectivity index (χ4n) is 1.84. The molecule has 0 aromatic heterocycles. The molecule has 0 heterocycles. The van der Waals surface area contributed by atoms with Crippen LogP contribution < -0.4 is 10.6 Å². The second kappa shape index (κ2) is 6.12. The van der Waals surface area contributed by atoms with Crippen LogP contribution in [0.5, 0.6) is 0 Å². The fraction of sp³-hybridized carbons (Fsp3) is 0.125. The lowest BCUT2D eigenvalue weighted by atomic mass is 10.1. The van der Waals surface area contributed by atoms with Gasteiger partial charge in [-0.2, -0.15) is 0 Å². The lowest BCUT2D eigenvalue weighted by Gasteiger charge is -2.22. The van der Waals surface area contributed by atoms with Gasteiger partial charge < -0.3 is 5.73 Å². The number of nitrogens with zero attached hydrogens (tertiary/aromatic N) is 1. The van der Waals surface area contributed by atoms with Crippen LogP contribution in [0.3, 0.4) is 0 Å². The minimum atomic E-state index is -0.747. The molecule has 0 saturated carbocycles. The summed E-state index contributed by atoms with van der Waals surface area (Å²) in [5, 5.41) is 0. The molecule has 0 saturated heterocycles. The first-order chi connectivity index (χ1) is 9.61. The van der Waals surface area contributed by atoms with Gasteiger partial charge in [0.2, 0.25) is 0 Å². The molecule has 2 aromatic rings. The second-order valence-corrected chi connectivity index (χ2v) is 4.47. The summed E-state index contributed by atoms with van der Waals surface area (Å²) in [5.41, 5.74) is 6.61. The molecule has 102 valence electrons. The van der Waals surface area contributed by atoms with Gasteiger partial charge in [0.05, 0.1) is 11.7 Å². The molecule has 20 heavy (non-hydrogen) atoms. The van der Waals surface area contributed by atoms with Gasteiger partial charge in [-0.05, 0) is 31.2 Å². The van der Waals surface area contributed by atoms with Crippen LogP contribution in [0.15, 0.2) is 60.7 Å². The summed E-state index contributed by atoms with van der Waals surface area (Å²) in [4.78, 5) is 25.9. The summed E-state index contributed by atoms with van der Waals surface area (Å²) in [7, 11) is 0. The molecule has 0 spiro atoms. The number of imide groups is 1. The number of para-hydroxylation sites is 1. The Morgan fingerprint density at radius 1 is 0.950 bits per heavy atom. The average molecular weight is 268 g/mol. The Labute approximate surface area is 117 Å². The average Bonchev–Trinajstić information content (AvgIpc) is 2.49. The van der Waals surface area contributed by atoms with Crippen LogP contribution in [0.2, 0.25) is 0 Å². The van der Waals surface area contributed by atoms with E-state index in [1.165, 1.54) is 0 Å². The number of nitrogens with two attached hydrogens (primary N) is 1. The lowest BCUT2D eigenvalue weighted by molar-refractivity contribution is -0.118. The number of carbonyl (C=O) groups excluding carboxylic acids is 2. The number of benzene rings is 2. The van der Waals surface area contributed by atoms with Gasteiger partial charge in [0.15, 0.2) is 0 Å². The first-order valence-electron chi connectivity index (χ1n) is 6.35. The maximum absolute atomic E-state index is 12.5. The third-order valence-electron chi connectivity index (χ3n) is 2.85. The molecular weight excluding hydrogens is 252 g/mol. The van der Waals surface area contributed by atoms with Gasteiger partial charge in [-0.25, -0.2) is 4.90 Å². The number of hydrogen-bond acceptors (Lipinski definition) is 3. The van der Waals surface area contributed by atoms with Gasteiger partial charge in [0.25, 0.3) is 11.8 Å². The lowest BCUT2D eigenvalue weighted by Crippen LogP contribution is -2.45. The molecule has 0 bridgehead atoms. The third-order valence-corrected chi connectivity index (χ3v) is 2.85. The second-order valence-electron chi connectivity index (χ2n) is 4.47. The molecule has 2 amide bonds. The first-order valence-corrected chi connectivity index (χ1v) is 6.35. The molecular formula is C16H16N2O2. The van der Waals surface area contributed by atoms with Crippen molar-refractivity contribution in [1.29, 1.82) is 0 Å².